The summed E-state index contributed by atoms with van der Waals surface area (Å²) >= 11 is 1.44. The maximum atomic E-state index is 12.5. The summed E-state index contributed by atoms with van der Waals surface area (Å²) in [5.41, 5.74) is 4.48. The molecule has 116 valence electrons. The number of carbonyl (C=O) groups is 1. The van der Waals surface area contributed by atoms with Crippen LogP contribution in [0.5, 0.6) is 0 Å². The Bertz CT molecular complexity index is 798. The van der Waals surface area contributed by atoms with E-state index in [1.54, 1.807) is 12.4 Å². The number of carbonyl (C=O) groups excluding carboxylic acids is 1. The standard InChI is InChI=1S/C19H18N2OS/c1-13-7-8-15(11-14(13)2)18(16-5-3-9-20-12-16)21-19(22)17-6-4-10-23-17/h3-12,18H,1-2H3,(H,21,22)/t18-/m0/s1. The topological polar surface area (TPSA) is 42.0 Å². The lowest BCUT2D eigenvalue weighted by Crippen LogP contribution is -2.28. The quantitative estimate of drug-likeness (QED) is 0.779. The number of rotatable bonds is 4. The molecule has 0 spiro atoms. The smallest absolute Gasteiger partial charge is 0.262 e. The normalized spacial score (nSPS) is 11.9. The molecule has 0 unspecified atom stereocenters. The van der Waals surface area contributed by atoms with Gasteiger partial charge >= 0.3 is 0 Å². The first-order chi connectivity index (χ1) is 11.1. The van der Waals surface area contributed by atoms with Crippen molar-refractivity contribution in [3.05, 3.63) is 87.4 Å². The van der Waals surface area contributed by atoms with Gasteiger partial charge in [0, 0.05) is 12.4 Å². The Kier molecular flexibility index (Phi) is 4.53. The Morgan fingerprint density at radius 3 is 2.61 bits per heavy atom. The van der Waals surface area contributed by atoms with Crippen LogP contribution in [0.3, 0.4) is 0 Å². The highest BCUT2D eigenvalue weighted by molar-refractivity contribution is 7.12. The molecule has 3 aromatic rings. The Morgan fingerprint density at radius 2 is 1.96 bits per heavy atom. The Morgan fingerprint density at radius 1 is 1.09 bits per heavy atom. The van der Waals surface area contributed by atoms with Gasteiger partial charge in [-0.1, -0.05) is 30.3 Å². The maximum absolute atomic E-state index is 12.5. The molecule has 4 heteroatoms. The molecule has 1 N–H and O–H groups in total. The average Bonchev–Trinajstić information content (AvgIpc) is 3.10. The van der Waals surface area contributed by atoms with E-state index >= 15 is 0 Å². The van der Waals surface area contributed by atoms with Crippen LogP contribution in [0.15, 0.2) is 60.2 Å². The van der Waals surface area contributed by atoms with Crippen LogP contribution < -0.4 is 5.32 Å². The molecule has 0 aliphatic rings. The fourth-order valence-corrected chi connectivity index (χ4v) is 3.09. The van der Waals surface area contributed by atoms with E-state index in [2.05, 4.69) is 42.3 Å². The number of thiophene rings is 1. The molecule has 2 heterocycles. The van der Waals surface area contributed by atoms with E-state index in [9.17, 15) is 4.79 Å². The minimum atomic E-state index is -0.211. The van der Waals surface area contributed by atoms with E-state index in [0.717, 1.165) is 11.1 Å². The summed E-state index contributed by atoms with van der Waals surface area (Å²) in [4.78, 5) is 17.4. The third-order valence-corrected chi connectivity index (χ3v) is 4.77. The zero-order chi connectivity index (χ0) is 16.2. The fourth-order valence-electron chi connectivity index (χ4n) is 2.46. The van der Waals surface area contributed by atoms with Crippen LogP contribution >= 0.6 is 11.3 Å². The number of pyridine rings is 1. The second-order valence-electron chi connectivity index (χ2n) is 5.51. The molecule has 1 amide bonds. The van der Waals surface area contributed by atoms with Gasteiger partial charge in [0.05, 0.1) is 10.9 Å². The fraction of sp³-hybridized carbons (Fsp3) is 0.158. The van der Waals surface area contributed by atoms with Crippen molar-refractivity contribution in [2.45, 2.75) is 19.9 Å². The average molecular weight is 322 g/mol. The van der Waals surface area contributed by atoms with Gasteiger partial charge in [-0.3, -0.25) is 9.78 Å². The first-order valence-corrected chi connectivity index (χ1v) is 8.34. The van der Waals surface area contributed by atoms with E-state index in [0.29, 0.717) is 4.88 Å². The summed E-state index contributed by atoms with van der Waals surface area (Å²) in [6.07, 6.45) is 3.54. The van der Waals surface area contributed by atoms with Gasteiger partial charge in [-0.25, -0.2) is 0 Å². The molecule has 0 fully saturated rings. The summed E-state index contributed by atoms with van der Waals surface area (Å²) in [6.45, 7) is 4.17. The number of nitrogens with zero attached hydrogens (tertiary/aromatic N) is 1. The summed E-state index contributed by atoms with van der Waals surface area (Å²) in [5, 5.41) is 5.04. The van der Waals surface area contributed by atoms with E-state index in [4.69, 9.17) is 0 Å². The lowest BCUT2D eigenvalue weighted by Gasteiger charge is -2.20. The summed E-state index contributed by atoms with van der Waals surface area (Å²) < 4.78 is 0. The Hall–Kier alpha value is -2.46. The predicted octanol–water partition coefficient (Wildman–Crippen LogP) is 4.28. The largest absolute Gasteiger partial charge is 0.340 e. The number of aryl methyl sites for hydroxylation is 2. The van der Waals surface area contributed by atoms with Crippen molar-refractivity contribution in [2.24, 2.45) is 0 Å². The van der Waals surface area contributed by atoms with Crippen LogP contribution in [-0.2, 0) is 0 Å². The van der Waals surface area contributed by atoms with Crippen molar-refractivity contribution >= 4 is 17.2 Å². The molecule has 3 rings (SSSR count). The SMILES string of the molecule is Cc1ccc([C@H](NC(=O)c2cccs2)c2cccnc2)cc1C. The van der Waals surface area contributed by atoms with Gasteiger partial charge in [0.2, 0.25) is 0 Å². The first kappa shape index (κ1) is 15.4. The van der Waals surface area contributed by atoms with Crippen molar-refractivity contribution in [3.8, 4) is 0 Å². The number of hydrogen-bond donors (Lipinski definition) is 1. The first-order valence-electron chi connectivity index (χ1n) is 7.46. The lowest BCUT2D eigenvalue weighted by molar-refractivity contribution is 0.0947. The van der Waals surface area contributed by atoms with Crippen molar-refractivity contribution in [3.63, 3.8) is 0 Å². The van der Waals surface area contributed by atoms with Gasteiger partial charge in [-0.05, 0) is 53.6 Å². The molecule has 2 aromatic heterocycles. The molecule has 23 heavy (non-hydrogen) atoms. The van der Waals surface area contributed by atoms with E-state index < -0.39 is 0 Å². The van der Waals surface area contributed by atoms with Crippen LogP contribution in [0.25, 0.3) is 0 Å². The highest BCUT2D eigenvalue weighted by Crippen LogP contribution is 2.24. The highest BCUT2D eigenvalue weighted by Gasteiger charge is 2.19. The zero-order valence-electron chi connectivity index (χ0n) is 13.1. The van der Waals surface area contributed by atoms with Crippen LogP contribution in [0.1, 0.15) is 38.0 Å². The monoisotopic (exact) mass is 322 g/mol. The molecule has 0 aliphatic carbocycles. The lowest BCUT2D eigenvalue weighted by atomic mass is 9.96. The van der Waals surface area contributed by atoms with Gasteiger partial charge in [0.25, 0.3) is 5.91 Å². The number of aromatic nitrogens is 1. The van der Waals surface area contributed by atoms with Crippen molar-refractivity contribution in [2.75, 3.05) is 0 Å². The third kappa shape index (κ3) is 3.48. The second kappa shape index (κ2) is 6.75. The molecule has 0 saturated carbocycles. The van der Waals surface area contributed by atoms with Crippen molar-refractivity contribution < 1.29 is 4.79 Å². The van der Waals surface area contributed by atoms with Gasteiger partial charge in [-0.15, -0.1) is 11.3 Å². The molecule has 1 aromatic carbocycles. The third-order valence-electron chi connectivity index (χ3n) is 3.90. The van der Waals surface area contributed by atoms with Gasteiger partial charge in [-0.2, -0.15) is 0 Å². The molecule has 0 radical (unpaired) electrons. The molecule has 1 atom stereocenters. The van der Waals surface area contributed by atoms with Crippen LogP contribution in [-0.4, -0.2) is 10.9 Å². The van der Waals surface area contributed by atoms with Crippen molar-refractivity contribution in [1.29, 1.82) is 0 Å². The molecular formula is C19H18N2OS. The highest BCUT2D eigenvalue weighted by atomic mass is 32.1. The summed E-state index contributed by atoms with van der Waals surface area (Å²) in [7, 11) is 0. The van der Waals surface area contributed by atoms with Crippen molar-refractivity contribution in [1.82, 2.24) is 10.3 Å². The Labute approximate surface area is 140 Å². The Balaban J connectivity index is 1.97. The van der Waals surface area contributed by atoms with E-state index in [1.165, 1.54) is 22.5 Å². The molecule has 3 nitrogen and oxygen atoms in total. The maximum Gasteiger partial charge on any atom is 0.262 e. The van der Waals surface area contributed by atoms with Gasteiger partial charge in [0.15, 0.2) is 0 Å². The molecular weight excluding hydrogens is 304 g/mol. The minimum Gasteiger partial charge on any atom is -0.340 e. The van der Waals surface area contributed by atoms with Crippen LogP contribution in [0, 0.1) is 13.8 Å². The van der Waals surface area contributed by atoms with Gasteiger partial charge < -0.3 is 5.32 Å². The zero-order valence-corrected chi connectivity index (χ0v) is 13.9. The number of benzene rings is 1. The predicted molar refractivity (Wildman–Crippen MR) is 93.8 cm³/mol. The van der Waals surface area contributed by atoms with Gasteiger partial charge in [0.1, 0.15) is 0 Å². The second-order valence-corrected chi connectivity index (χ2v) is 6.46. The number of amides is 1. The minimum absolute atomic E-state index is 0.0629. The number of hydrogen-bond acceptors (Lipinski definition) is 3. The van der Waals surface area contributed by atoms with Crippen LogP contribution in [0.2, 0.25) is 0 Å². The van der Waals surface area contributed by atoms with E-state index in [-0.39, 0.29) is 11.9 Å². The summed E-state index contributed by atoms with van der Waals surface area (Å²) in [6, 6.07) is 13.7. The summed E-state index contributed by atoms with van der Waals surface area (Å²) in [5.74, 6) is -0.0629. The van der Waals surface area contributed by atoms with E-state index in [1.807, 2.05) is 29.6 Å². The molecule has 0 aliphatic heterocycles. The number of nitrogens with one attached hydrogen (secondary N) is 1. The molecule has 0 saturated heterocycles. The molecule has 0 bridgehead atoms. The van der Waals surface area contributed by atoms with Crippen LogP contribution in [0.4, 0.5) is 0 Å².